The Kier molecular flexibility index (Phi) is 7.54. The highest BCUT2D eigenvalue weighted by Gasteiger charge is 2.45. The molecule has 3 rings (SSSR count). The molecule has 10 heteroatoms. The molecule has 1 N–H and O–H groups in total. The van der Waals surface area contributed by atoms with Crippen LogP contribution in [0.3, 0.4) is 0 Å². The van der Waals surface area contributed by atoms with Crippen LogP contribution in [0.2, 0.25) is 0 Å². The summed E-state index contributed by atoms with van der Waals surface area (Å²) in [6.07, 6.45) is 0.592. The van der Waals surface area contributed by atoms with E-state index < -0.39 is 39.3 Å². The van der Waals surface area contributed by atoms with Gasteiger partial charge < -0.3 is 14.9 Å². The Balaban J connectivity index is 2.08. The van der Waals surface area contributed by atoms with Crippen molar-refractivity contribution in [2.45, 2.75) is 17.4 Å². The summed E-state index contributed by atoms with van der Waals surface area (Å²) in [5.74, 6) is -2.48. The van der Waals surface area contributed by atoms with Crippen LogP contribution in [0.5, 0.6) is 0 Å². The zero-order valence-corrected chi connectivity index (χ0v) is 20.3. The summed E-state index contributed by atoms with van der Waals surface area (Å²) in [7, 11) is 2.93. The normalized spacial score (nSPS) is 18.3. The Morgan fingerprint density at radius 1 is 1.00 bits per heavy atom. The molecule has 0 unspecified atom stereocenters. The van der Waals surface area contributed by atoms with E-state index in [1.165, 1.54) is 67.5 Å². The van der Waals surface area contributed by atoms with Crippen LogP contribution in [0, 0.1) is 5.82 Å². The fraction of sp³-hybridized carbons (Fsp3) is 0.333. The van der Waals surface area contributed by atoms with Gasteiger partial charge in [0.1, 0.15) is 11.6 Å². The molecule has 1 fully saturated rings. The summed E-state index contributed by atoms with van der Waals surface area (Å²) >= 11 is 0. The highest BCUT2D eigenvalue weighted by atomic mass is 32.2. The lowest BCUT2D eigenvalue weighted by Crippen LogP contribution is -2.32. The minimum atomic E-state index is -3.68. The summed E-state index contributed by atoms with van der Waals surface area (Å²) < 4.78 is 39.3. The van der Waals surface area contributed by atoms with Gasteiger partial charge in [0.15, 0.2) is 0 Å². The number of rotatable bonds is 8. The quantitative estimate of drug-likeness (QED) is 0.348. The van der Waals surface area contributed by atoms with Gasteiger partial charge in [0.05, 0.1) is 16.5 Å². The maximum Gasteiger partial charge on any atom is 0.295 e. The van der Waals surface area contributed by atoms with E-state index in [1.54, 1.807) is 0 Å². The molecule has 8 nitrogen and oxygen atoms in total. The number of nitrogens with zero attached hydrogens (tertiary/aromatic N) is 3. The van der Waals surface area contributed by atoms with Crippen LogP contribution in [0.4, 0.5) is 4.39 Å². The Bertz CT molecular complexity index is 1210. The second-order valence-electron chi connectivity index (χ2n) is 8.51. The maximum absolute atomic E-state index is 13.6. The van der Waals surface area contributed by atoms with E-state index in [-0.39, 0.29) is 22.6 Å². The number of ketones is 1. The third-order valence-electron chi connectivity index (χ3n) is 5.64. The van der Waals surface area contributed by atoms with Crippen LogP contribution in [0.25, 0.3) is 5.76 Å². The number of Topliss-reactive ketones (excluding diaryl/α,β-unsaturated/α-hetero) is 1. The highest BCUT2D eigenvalue weighted by Crippen LogP contribution is 2.39. The van der Waals surface area contributed by atoms with E-state index in [9.17, 15) is 27.5 Å². The predicted octanol–water partition coefficient (Wildman–Crippen LogP) is 2.45. The van der Waals surface area contributed by atoms with Crippen LogP contribution < -0.4 is 0 Å². The number of likely N-dealkylation sites (tertiary alicyclic amines) is 1. The van der Waals surface area contributed by atoms with Crippen molar-refractivity contribution in [1.82, 2.24) is 14.1 Å². The predicted molar refractivity (Wildman–Crippen MR) is 126 cm³/mol. The molecule has 0 spiro atoms. The molecule has 1 amide bonds. The first-order valence-corrected chi connectivity index (χ1v) is 12.1. The summed E-state index contributed by atoms with van der Waals surface area (Å²) in [6, 6.07) is 9.93. The largest absolute Gasteiger partial charge is 0.507 e. The average molecular weight is 490 g/mol. The van der Waals surface area contributed by atoms with Gasteiger partial charge in [-0.1, -0.05) is 12.1 Å². The van der Waals surface area contributed by atoms with E-state index in [1.807, 2.05) is 19.0 Å². The molecule has 182 valence electrons. The molecule has 0 radical (unpaired) electrons. The van der Waals surface area contributed by atoms with Gasteiger partial charge in [-0.05, 0) is 69.0 Å². The van der Waals surface area contributed by atoms with Crippen LogP contribution >= 0.6 is 0 Å². The first-order valence-electron chi connectivity index (χ1n) is 10.7. The van der Waals surface area contributed by atoms with Gasteiger partial charge in [0.2, 0.25) is 10.0 Å². The van der Waals surface area contributed by atoms with Gasteiger partial charge >= 0.3 is 0 Å². The molecular weight excluding hydrogens is 461 g/mol. The molecule has 1 aliphatic rings. The van der Waals surface area contributed by atoms with Crippen molar-refractivity contribution < 1.29 is 27.5 Å². The summed E-state index contributed by atoms with van der Waals surface area (Å²) in [6.45, 7) is 0.947. The lowest BCUT2D eigenvalue weighted by molar-refractivity contribution is -0.139. The molecule has 0 aromatic heterocycles. The number of aliphatic hydroxyl groups is 1. The van der Waals surface area contributed by atoms with Crippen LogP contribution in [0.15, 0.2) is 59.0 Å². The fourth-order valence-electron chi connectivity index (χ4n) is 3.81. The first kappa shape index (κ1) is 25.5. The minimum Gasteiger partial charge on any atom is -0.507 e. The molecule has 34 heavy (non-hydrogen) atoms. The second kappa shape index (κ2) is 10.0. The molecule has 2 aromatic rings. The molecule has 1 saturated heterocycles. The second-order valence-corrected chi connectivity index (χ2v) is 10.7. The molecule has 0 saturated carbocycles. The number of amides is 1. The van der Waals surface area contributed by atoms with Crippen LogP contribution in [-0.2, 0) is 19.6 Å². The molecule has 1 aliphatic heterocycles. The van der Waals surface area contributed by atoms with E-state index >= 15 is 0 Å². The van der Waals surface area contributed by atoms with Gasteiger partial charge in [-0.2, -0.15) is 0 Å². The van der Waals surface area contributed by atoms with E-state index in [0.29, 0.717) is 18.5 Å². The molecule has 2 aromatic carbocycles. The average Bonchev–Trinajstić information content (AvgIpc) is 3.04. The Hall–Kier alpha value is -3.08. The van der Waals surface area contributed by atoms with E-state index in [2.05, 4.69) is 0 Å². The summed E-state index contributed by atoms with van der Waals surface area (Å²) in [5, 5.41) is 11.1. The SMILES string of the molecule is CN(C)CCCN1C(=O)C(=O)C(=C(O)c2ccc(S(=O)(=O)N(C)C)cc2)[C@@H]1c1ccc(F)cc1. The number of sulfonamides is 1. The lowest BCUT2D eigenvalue weighted by Gasteiger charge is -2.26. The highest BCUT2D eigenvalue weighted by molar-refractivity contribution is 7.89. The number of hydrogen-bond donors (Lipinski definition) is 1. The monoisotopic (exact) mass is 489 g/mol. The van der Waals surface area contributed by atoms with Crippen LogP contribution in [0.1, 0.15) is 23.6 Å². The molecule has 0 aliphatic carbocycles. The number of hydrogen-bond acceptors (Lipinski definition) is 6. The van der Waals surface area contributed by atoms with Gasteiger partial charge in [-0.15, -0.1) is 0 Å². The van der Waals surface area contributed by atoms with Crippen molar-refractivity contribution in [3.8, 4) is 0 Å². The van der Waals surface area contributed by atoms with Crippen molar-refractivity contribution in [3.05, 3.63) is 71.0 Å². The number of carbonyl (C=O) groups excluding carboxylic acids is 2. The Labute approximate surface area is 198 Å². The first-order chi connectivity index (χ1) is 15.9. The van der Waals surface area contributed by atoms with Crippen LogP contribution in [-0.4, -0.2) is 80.6 Å². The standard InChI is InChI=1S/C24H28FN3O5S/c1-26(2)14-5-15-28-21(16-6-10-18(25)11-7-16)20(23(30)24(28)31)22(29)17-8-12-19(13-9-17)34(32,33)27(3)4/h6-13,21,29H,5,14-15H2,1-4H3/t21-/m0/s1. The van der Waals surface area contributed by atoms with Gasteiger partial charge in [0.25, 0.3) is 11.7 Å². The Morgan fingerprint density at radius 3 is 2.12 bits per heavy atom. The maximum atomic E-state index is 13.6. The topological polar surface area (TPSA) is 98.2 Å². The summed E-state index contributed by atoms with van der Waals surface area (Å²) in [4.78, 5) is 29.3. The zero-order chi connectivity index (χ0) is 25.2. The lowest BCUT2D eigenvalue weighted by atomic mass is 9.95. The number of halogens is 1. The third kappa shape index (κ3) is 5.03. The molecule has 0 bridgehead atoms. The van der Waals surface area contributed by atoms with Crippen molar-refractivity contribution >= 4 is 27.5 Å². The Morgan fingerprint density at radius 2 is 1.59 bits per heavy atom. The van der Waals surface area contributed by atoms with Gasteiger partial charge in [-0.3, -0.25) is 9.59 Å². The van der Waals surface area contributed by atoms with Crippen molar-refractivity contribution in [2.75, 3.05) is 41.3 Å². The van der Waals surface area contributed by atoms with Crippen molar-refractivity contribution in [3.63, 3.8) is 0 Å². The minimum absolute atomic E-state index is 0.0215. The number of carbonyl (C=O) groups is 2. The smallest absolute Gasteiger partial charge is 0.295 e. The van der Waals surface area contributed by atoms with Gasteiger partial charge in [0, 0.05) is 26.2 Å². The molecular formula is C24H28FN3O5S. The third-order valence-corrected chi connectivity index (χ3v) is 7.47. The molecule has 1 heterocycles. The molecule has 1 atom stereocenters. The number of benzene rings is 2. The zero-order valence-electron chi connectivity index (χ0n) is 19.5. The van der Waals surface area contributed by atoms with Crippen molar-refractivity contribution in [2.24, 2.45) is 0 Å². The fourth-order valence-corrected chi connectivity index (χ4v) is 4.71. The van der Waals surface area contributed by atoms with E-state index in [4.69, 9.17) is 0 Å². The number of aliphatic hydroxyl groups excluding tert-OH is 1. The van der Waals surface area contributed by atoms with E-state index in [0.717, 1.165) is 4.31 Å². The van der Waals surface area contributed by atoms with Gasteiger partial charge in [-0.25, -0.2) is 17.1 Å². The summed E-state index contributed by atoms with van der Waals surface area (Å²) in [5.41, 5.74) is 0.555. The van der Waals surface area contributed by atoms with Crippen molar-refractivity contribution in [1.29, 1.82) is 0 Å².